The number of ether oxygens (including phenoxy) is 1. The van der Waals surface area contributed by atoms with E-state index in [9.17, 15) is 4.79 Å². The molecule has 126 valence electrons. The van der Waals surface area contributed by atoms with Gasteiger partial charge in [-0.1, -0.05) is 18.2 Å². The number of rotatable bonds is 4. The lowest BCUT2D eigenvalue weighted by atomic mass is 10.0. The fraction of sp³-hybridized carbons (Fsp3) is 0.412. The summed E-state index contributed by atoms with van der Waals surface area (Å²) in [6, 6.07) is 8.51. The number of benzene rings is 1. The molecule has 0 bridgehead atoms. The highest BCUT2D eigenvalue weighted by atomic mass is 16.5. The number of nitrogens with one attached hydrogen (secondary N) is 2. The minimum Gasteiger partial charge on any atom is -0.492 e. The molecule has 0 saturated carbocycles. The van der Waals surface area contributed by atoms with Gasteiger partial charge in [0.2, 0.25) is 0 Å². The number of hydrogen-bond acceptors (Lipinski definition) is 5. The summed E-state index contributed by atoms with van der Waals surface area (Å²) in [6.07, 6.45) is 2.52. The Hall–Kier alpha value is -2.54. The van der Waals surface area contributed by atoms with Crippen molar-refractivity contribution in [2.75, 3.05) is 25.0 Å². The van der Waals surface area contributed by atoms with Crippen molar-refractivity contribution in [1.82, 2.24) is 15.1 Å². The number of amides is 1. The van der Waals surface area contributed by atoms with E-state index in [1.807, 2.05) is 22.9 Å². The van der Waals surface area contributed by atoms with Crippen LogP contribution < -0.4 is 21.1 Å². The molecule has 0 unspecified atom stereocenters. The molecule has 4 N–H and O–H groups in total. The molecule has 2 atom stereocenters. The van der Waals surface area contributed by atoms with E-state index in [4.69, 9.17) is 10.5 Å². The molecule has 24 heavy (non-hydrogen) atoms. The van der Waals surface area contributed by atoms with Crippen LogP contribution in [0.15, 0.2) is 30.5 Å². The quantitative estimate of drug-likeness (QED) is 0.765. The van der Waals surface area contributed by atoms with Crippen LogP contribution in [0, 0.1) is 5.92 Å². The number of aromatic nitrogens is 2. The van der Waals surface area contributed by atoms with Gasteiger partial charge in [-0.05, 0) is 18.1 Å². The molecule has 1 aromatic carbocycles. The van der Waals surface area contributed by atoms with Crippen LogP contribution in [0.5, 0.6) is 5.75 Å². The Morgan fingerprint density at radius 3 is 3.21 bits per heavy atom. The first-order valence-corrected chi connectivity index (χ1v) is 8.24. The van der Waals surface area contributed by atoms with Gasteiger partial charge >= 0.3 is 0 Å². The average molecular weight is 327 g/mol. The lowest BCUT2D eigenvalue weighted by Gasteiger charge is -2.30. The number of para-hydroxylation sites is 1. The summed E-state index contributed by atoms with van der Waals surface area (Å²) >= 11 is 0. The SMILES string of the molecule is NC(=O)c1cnn2c1NC[C@H](CN[C@H]1COc3ccccc3C1)C2. The number of carbonyl (C=O) groups is 1. The number of primary amides is 1. The van der Waals surface area contributed by atoms with Crippen molar-refractivity contribution in [2.45, 2.75) is 19.0 Å². The van der Waals surface area contributed by atoms with E-state index in [0.717, 1.165) is 37.6 Å². The minimum absolute atomic E-state index is 0.320. The number of carbonyl (C=O) groups excluding carboxylic acids is 1. The Morgan fingerprint density at radius 2 is 2.33 bits per heavy atom. The highest BCUT2D eigenvalue weighted by Gasteiger charge is 2.25. The van der Waals surface area contributed by atoms with Gasteiger partial charge in [-0.15, -0.1) is 0 Å². The molecule has 0 spiro atoms. The van der Waals surface area contributed by atoms with Gasteiger partial charge < -0.3 is 21.1 Å². The Labute approximate surface area is 140 Å². The van der Waals surface area contributed by atoms with E-state index < -0.39 is 5.91 Å². The maximum Gasteiger partial charge on any atom is 0.254 e. The topological polar surface area (TPSA) is 94.2 Å². The van der Waals surface area contributed by atoms with E-state index in [-0.39, 0.29) is 0 Å². The van der Waals surface area contributed by atoms with Crippen LogP contribution >= 0.6 is 0 Å². The summed E-state index contributed by atoms with van der Waals surface area (Å²) in [5.74, 6) is 1.68. The number of anilines is 1. The van der Waals surface area contributed by atoms with Gasteiger partial charge in [-0.3, -0.25) is 4.79 Å². The lowest BCUT2D eigenvalue weighted by Crippen LogP contribution is -2.44. The molecule has 2 aliphatic rings. The fourth-order valence-corrected chi connectivity index (χ4v) is 3.37. The van der Waals surface area contributed by atoms with Crippen LogP contribution in [0.3, 0.4) is 0 Å². The van der Waals surface area contributed by atoms with Crippen LogP contribution in [0.2, 0.25) is 0 Å². The smallest absolute Gasteiger partial charge is 0.254 e. The van der Waals surface area contributed by atoms with Gasteiger partial charge in [0.1, 0.15) is 23.7 Å². The second-order valence-corrected chi connectivity index (χ2v) is 6.43. The Balaban J connectivity index is 1.34. The van der Waals surface area contributed by atoms with E-state index in [2.05, 4.69) is 21.8 Å². The molecule has 0 fully saturated rings. The zero-order valence-corrected chi connectivity index (χ0v) is 13.4. The first-order chi connectivity index (χ1) is 11.7. The van der Waals surface area contributed by atoms with Crippen molar-refractivity contribution in [1.29, 1.82) is 0 Å². The molecule has 3 heterocycles. The third-order valence-electron chi connectivity index (χ3n) is 4.67. The Morgan fingerprint density at radius 1 is 1.46 bits per heavy atom. The predicted molar refractivity (Wildman–Crippen MR) is 90.2 cm³/mol. The van der Waals surface area contributed by atoms with Crippen LogP contribution in [0.1, 0.15) is 15.9 Å². The number of fused-ring (bicyclic) bond motifs is 2. The molecular weight excluding hydrogens is 306 g/mol. The summed E-state index contributed by atoms with van der Waals surface area (Å²) in [5.41, 5.74) is 7.06. The molecule has 2 aliphatic heterocycles. The van der Waals surface area contributed by atoms with E-state index in [1.54, 1.807) is 0 Å². The number of nitrogens with zero attached hydrogens (tertiary/aromatic N) is 2. The maximum atomic E-state index is 11.4. The van der Waals surface area contributed by atoms with Crippen molar-refractivity contribution in [3.05, 3.63) is 41.6 Å². The lowest BCUT2D eigenvalue weighted by molar-refractivity contribution is 0.100. The molecule has 0 aliphatic carbocycles. The van der Waals surface area contributed by atoms with Gasteiger partial charge in [-0.25, -0.2) is 4.68 Å². The van der Waals surface area contributed by atoms with E-state index in [0.29, 0.717) is 24.1 Å². The summed E-state index contributed by atoms with van der Waals surface area (Å²) < 4.78 is 7.64. The standard InChI is InChI=1S/C17H21N5O2/c18-16(23)14-8-21-22-9-11(7-20-17(14)22)6-19-13-5-12-3-1-2-4-15(12)24-10-13/h1-4,8,11,13,19-20H,5-7,9-10H2,(H2,18,23)/t11-,13+/m0/s1. The van der Waals surface area contributed by atoms with Gasteiger partial charge in [0, 0.05) is 31.6 Å². The molecule has 7 nitrogen and oxygen atoms in total. The average Bonchev–Trinajstić information content (AvgIpc) is 3.03. The van der Waals surface area contributed by atoms with Crippen molar-refractivity contribution in [3.63, 3.8) is 0 Å². The molecule has 1 amide bonds. The number of hydrogen-bond donors (Lipinski definition) is 3. The fourth-order valence-electron chi connectivity index (χ4n) is 3.37. The van der Waals surface area contributed by atoms with Crippen LogP contribution in [0.25, 0.3) is 0 Å². The monoisotopic (exact) mass is 327 g/mol. The van der Waals surface area contributed by atoms with Crippen molar-refractivity contribution >= 4 is 11.7 Å². The largest absolute Gasteiger partial charge is 0.492 e. The van der Waals surface area contributed by atoms with E-state index >= 15 is 0 Å². The molecule has 0 saturated heterocycles. The number of nitrogens with two attached hydrogens (primary N) is 1. The van der Waals surface area contributed by atoms with Gasteiger partial charge in [-0.2, -0.15) is 5.10 Å². The molecule has 2 aromatic rings. The summed E-state index contributed by atoms with van der Waals surface area (Å²) in [6.45, 7) is 3.13. The van der Waals surface area contributed by atoms with Gasteiger partial charge in [0.25, 0.3) is 5.91 Å². The van der Waals surface area contributed by atoms with Gasteiger partial charge in [0.15, 0.2) is 0 Å². The Kier molecular flexibility index (Phi) is 3.86. The minimum atomic E-state index is -0.446. The van der Waals surface area contributed by atoms with Crippen LogP contribution in [0.4, 0.5) is 5.82 Å². The summed E-state index contributed by atoms with van der Waals surface area (Å²) in [5, 5.41) is 11.1. The molecule has 0 radical (unpaired) electrons. The molecule has 1 aromatic heterocycles. The predicted octanol–water partition coefficient (Wildman–Crippen LogP) is 0.617. The van der Waals surface area contributed by atoms with Crippen LogP contribution in [-0.2, 0) is 13.0 Å². The first-order valence-electron chi connectivity index (χ1n) is 8.24. The summed E-state index contributed by atoms with van der Waals surface area (Å²) in [7, 11) is 0. The zero-order valence-electron chi connectivity index (χ0n) is 13.4. The Bertz CT molecular complexity index is 757. The summed E-state index contributed by atoms with van der Waals surface area (Å²) in [4.78, 5) is 11.4. The maximum absolute atomic E-state index is 11.4. The van der Waals surface area contributed by atoms with Crippen molar-refractivity contribution in [2.24, 2.45) is 11.7 Å². The molecule has 4 rings (SSSR count). The molecule has 7 heteroatoms. The third-order valence-corrected chi connectivity index (χ3v) is 4.67. The first kappa shape index (κ1) is 15.0. The second-order valence-electron chi connectivity index (χ2n) is 6.43. The molecular formula is C17H21N5O2. The van der Waals surface area contributed by atoms with Crippen molar-refractivity contribution < 1.29 is 9.53 Å². The van der Waals surface area contributed by atoms with Gasteiger partial charge in [0.05, 0.1) is 6.20 Å². The van der Waals surface area contributed by atoms with E-state index in [1.165, 1.54) is 11.8 Å². The normalized spacial score (nSPS) is 22.0. The second kappa shape index (κ2) is 6.16. The zero-order chi connectivity index (χ0) is 16.5. The highest BCUT2D eigenvalue weighted by Crippen LogP contribution is 2.24. The third kappa shape index (κ3) is 2.82. The van der Waals surface area contributed by atoms with Crippen LogP contribution in [-0.4, -0.2) is 41.4 Å². The highest BCUT2D eigenvalue weighted by molar-refractivity contribution is 5.97. The van der Waals surface area contributed by atoms with Crippen molar-refractivity contribution in [3.8, 4) is 5.75 Å².